The summed E-state index contributed by atoms with van der Waals surface area (Å²) in [5.74, 6) is 1.33. The third kappa shape index (κ3) is 4.55. The summed E-state index contributed by atoms with van der Waals surface area (Å²) in [4.78, 5) is 12.9. The van der Waals surface area contributed by atoms with Crippen molar-refractivity contribution < 1.29 is 4.79 Å². The minimum absolute atomic E-state index is 0.138. The van der Waals surface area contributed by atoms with Gasteiger partial charge in [0.05, 0.1) is 0 Å². The Kier molecular flexibility index (Phi) is 6.34. The highest BCUT2D eigenvalue weighted by Gasteiger charge is 2.13. The van der Waals surface area contributed by atoms with E-state index in [1.54, 1.807) is 11.8 Å². The van der Waals surface area contributed by atoms with Crippen molar-refractivity contribution in [2.45, 2.75) is 10.9 Å². The van der Waals surface area contributed by atoms with E-state index in [1.807, 2.05) is 103 Å². The Bertz CT molecular complexity index is 1470. The van der Waals surface area contributed by atoms with Gasteiger partial charge in [-0.15, -0.1) is 10.2 Å². The van der Waals surface area contributed by atoms with Crippen molar-refractivity contribution in [1.82, 2.24) is 14.8 Å². The fourth-order valence-electron chi connectivity index (χ4n) is 3.77. The number of carbonyl (C=O) groups excluding carboxylic acids is 1. The molecule has 5 aromatic rings. The van der Waals surface area contributed by atoms with Gasteiger partial charge in [-0.3, -0.25) is 4.79 Å². The number of hydrogen-bond acceptors (Lipinski definition) is 4. The standard InChI is InChI=1S/C27H21ClN4OS/c1-32-25(30-31-27(32)34-17-20-8-3-5-12-24(20)28)19-13-15-21(16-14-19)29-26(33)23-11-6-9-18-7-2-4-10-22(18)23/h2-16H,17H2,1H3,(H,29,33). The third-order valence-corrected chi connectivity index (χ3v) is 7.02. The van der Waals surface area contributed by atoms with Crippen molar-refractivity contribution in [3.05, 3.63) is 107 Å². The lowest BCUT2D eigenvalue weighted by atomic mass is 10.0. The first-order chi connectivity index (χ1) is 16.6. The van der Waals surface area contributed by atoms with Gasteiger partial charge in [0.25, 0.3) is 5.91 Å². The predicted molar refractivity (Wildman–Crippen MR) is 139 cm³/mol. The third-order valence-electron chi connectivity index (χ3n) is 5.58. The molecule has 0 unspecified atom stereocenters. The Morgan fingerprint density at radius 1 is 0.912 bits per heavy atom. The van der Waals surface area contributed by atoms with Gasteiger partial charge in [-0.2, -0.15) is 0 Å². The smallest absolute Gasteiger partial charge is 0.256 e. The molecule has 0 saturated carbocycles. The number of rotatable bonds is 6. The van der Waals surface area contributed by atoms with E-state index in [0.29, 0.717) is 11.3 Å². The first kappa shape index (κ1) is 22.2. The van der Waals surface area contributed by atoms with Gasteiger partial charge in [0, 0.05) is 34.6 Å². The van der Waals surface area contributed by atoms with Crippen LogP contribution in [0.4, 0.5) is 5.69 Å². The zero-order valence-electron chi connectivity index (χ0n) is 18.4. The molecule has 7 heteroatoms. The zero-order valence-corrected chi connectivity index (χ0v) is 20.0. The molecule has 4 aromatic carbocycles. The molecule has 0 aliphatic heterocycles. The van der Waals surface area contributed by atoms with Crippen LogP contribution in [0.25, 0.3) is 22.2 Å². The van der Waals surface area contributed by atoms with Crippen LogP contribution in [0.3, 0.4) is 0 Å². The number of carbonyl (C=O) groups is 1. The summed E-state index contributed by atoms with van der Waals surface area (Å²) in [5, 5.41) is 15.2. The van der Waals surface area contributed by atoms with E-state index in [9.17, 15) is 4.79 Å². The molecule has 34 heavy (non-hydrogen) atoms. The van der Waals surface area contributed by atoms with Gasteiger partial charge in [0.1, 0.15) is 0 Å². The number of nitrogens with one attached hydrogen (secondary N) is 1. The summed E-state index contributed by atoms with van der Waals surface area (Å²) in [7, 11) is 1.94. The van der Waals surface area contributed by atoms with Crippen molar-refractivity contribution in [2.24, 2.45) is 7.05 Å². The minimum atomic E-state index is -0.138. The van der Waals surface area contributed by atoms with E-state index in [1.165, 1.54) is 0 Å². The topological polar surface area (TPSA) is 59.8 Å². The van der Waals surface area contributed by atoms with Crippen molar-refractivity contribution >= 4 is 45.7 Å². The van der Waals surface area contributed by atoms with Gasteiger partial charge in [-0.1, -0.05) is 78.0 Å². The maximum atomic E-state index is 12.9. The largest absolute Gasteiger partial charge is 0.322 e. The second-order valence-electron chi connectivity index (χ2n) is 7.80. The quantitative estimate of drug-likeness (QED) is 0.268. The lowest BCUT2D eigenvalue weighted by Crippen LogP contribution is -2.12. The van der Waals surface area contributed by atoms with E-state index < -0.39 is 0 Å². The number of fused-ring (bicyclic) bond motifs is 1. The fourth-order valence-corrected chi connectivity index (χ4v) is 4.97. The van der Waals surface area contributed by atoms with Gasteiger partial charge in [0.15, 0.2) is 11.0 Å². The van der Waals surface area contributed by atoms with Crippen LogP contribution in [-0.2, 0) is 12.8 Å². The lowest BCUT2D eigenvalue weighted by molar-refractivity contribution is 0.102. The molecule has 5 nitrogen and oxygen atoms in total. The maximum Gasteiger partial charge on any atom is 0.256 e. The number of hydrogen-bond donors (Lipinski definition) is 1. The van der Waals surface area contributed by atoms with E-state index in [4.69, 9.17) is 11.6 Å². The van der Waals surface area contributed by atoms with Gasteiger partial charge in [-0.25, -0.2) is 0 Å². The molecule has 0 aliphatic carbocycles. The number of amides is 1. The van der Waals surface area contributed by atoms with Gasteiger partial charge in [0.2, 0.25) is 0 Å². The summed E-state index contributed by atoms with van der Waals surface area (Å²) in [6.45, 7) is 0. The van der Waals surface area contributed by atoms with Crippen LogP contribution in [0.2, 0.25) is 5.02 Å². The van der Waals surface area contributed by atoms with Crippen LogP contribution >= 0.6 is 23.4 Å². The molecule has 1 N–H and O–H groups in total. The Hall–Kier alpha value is -3.61. The molecule has 0 radical (unpaired) electrons. The highest BCUT2D eigenvalue weighted by molar-refractivity contribution is 7.98. The van der Waals surface area contributed by atoms with Crippen molar-refractivity contribution in [3.63, 3.8) is 0 Å². The molecule has 5 rings (SSSR count). The van der Waals surface area contributed by atoms with Gasteiger partial charge in [-0.05, 0) is 52.7 Å². The lowest BCUT2D eigenvalue weighted by Gasteiger charge is -2.09. The number of aromatic nitrogens is 3. The van der Waals surface area contributed by atoms with E-state index in [2.05, 4.69) is 15.5 Å². The Morgan fingerprint density at radius 3 is 2.47 bits per heavy atom. The molecule has 1 aromatic heterocycles. The molecule has 1 amide bonds. The highest BCUT2D eigenvalue weighted by atomic mass is 35.5. The van der Waals surface area contributed by atoms with Crippen LogP contribution < -0.4 is 5.32 Å². The average molecular weight is 485 g/mol. The SMILES string of the molecule is Cn1c(SCc2ccccc2Cl)nnc1-c1ccc(NC(=O)c2cccc3ccccc23)cc1. The van der Waals surface area contributed by atoms with Gasteiger partial charge >= 0.3 is 0 Å². The zero-order chi connectivity index (χ0) is 23.5. The molecule has 0 saturated heterocycles. The van der Waals surface area contributed by atoms with Gasteiger partial charge < -0.3 is 9.88 Å². The molecule has 0 bridgehead atoms. The average Bonchev–Trinajstić information content (AvgIpc) is 3.23. The van der Waals surface area contributed by atoms with Crippen LogP contribution in [0.15, 0.2) is 96.2 Å². The summed E-state index contributed by atoms with van der Waals surface area (Å²) in [5.41, 5.74) is 3.35. The summed E-state index contributed by atoms with van der Waals surface area (Å²) >= 11 is 7.85. The number of halogens is 1. The predicted octanol–water partition coefficient (Wildman–Crippen LogP) is 6.83. The number of anilines is 1. The maximum absolute atomic E-state index is 12.9. The van der Waals surface area contributed by atoms with Crippen molar-refractivity contribution in [3.8, 4) is 11.4 Å². The molecule has 0 fully saturated rings. The Labute approximate surface area is 206 Å². The van der Waals surface area contributed by atoms with E-state index in [0.717, 1.165) is 43.6 Å². The van der Waals surface area contributed by atoms with E-state index >= 15 is 0 Å². The number of thioether (sulfide) groups is 1. The minimum Gasteiger partial charge on any atom is -0.322 e. The van der Waals surface area contributed by atoms with Crippen LogP contribution in [0.5, 0.6) is 0 Å². The Morgan fingerprint density at radius 2 is 1.65 bits per heavy atom. The number of nitrogens with zero attached hydrogens (tertiary/aromatic N) is 3. The molecule has 0 aliphatic rings. The van der Waals surface area contributed by atoms with Crippen molar-refractivity contribution in [1.29, 1.82) is 0 Å². The molecule has 0 spiro atoms. The van der Waals surface area contributed by atoms with Crippen LogP contribution in [-0.4, -0.2) is 20.7 Å². The molecular formula is C27H21ClN4OS. The normalized spacial score (nSPS) is 11.0. The van der Waals surface area contributed by atoms with Crippen molar-refractivity contribution in [2.75, 3.05) is 5.32 Å². The molecule has 0 atom stereocenters. The fraction of sp³-hybridized carbons (Fsp3) is 0.0741. The first-order valence-electron chi connectivity index (χ1n) is 10.8. The van der Waals surface area contributed by atoms with Crippen LogP contribution in [0, 0.1) is 0 Å². The first-order valence-corrected chi connectivity index (χ1v) is 12.1. The highest BCUT2D eigenvalue weighted by Crippen LogP contribution is 2.28. The van der Waals surface area contributed by atoms with Crippen LogP contribution in [0.1, 0.15) is 15.9 Å². The molecule has 1 heterocycles. The number of benzene rings is 4. The van der Waals surface area contributed by atoms with E-state index in [-0.39, 0.29) is 5.91 Å². The second-order valence-corrected chi connectivity index (χ2v) is 9.15. The summed E-state index contributed by atoms with van der Waals surface area (Å²) < 4.78 is 1.96. The summed E-state index contributed by atoms with van der Waals surface area (Å²) in [6, 6.07) is 29.0. The monoisotopic (exact) mass is 484 g/mol. The summed E-state index contributed by atoms with van der Waals surface area (Å²) in [6.07, 6.45) is 0. The second kappa shape index (κ2) is 9.71. The molecule has 168 valence electrons. The molecular weight excluding hydrogens is 464 g/mol. The Balaban J connectivity index is 1.30.